The van der Waals surface area contributed by atoms with Crippen LogP contribution >= 0.6 is 0 Å². The number of nitrogens with zero attached hydrogens (tertiary/aromatic N) is 3. The fraction of sp³-hybridized carbons (Fsp3) is 0.250. The van der Waals surface area contributed by atoms with E-state index in [1.165, 1.54) is 25.4 Å². The minimum Gasteiger partial charge on any atom is -0.274 e. The molecule has 3 rings (SSSR count). The average molecular weight is 380 g/mol. The number of hydrogen-bond acceptors (Lipinski definition) is 5. The Kier molecular flexibility index (Phi) is 5.21. The quantitative estimate of drug-likeness (QED) is 0.643. The molecule has 144 valence electrons. The van der Waals surface area contributed by atoms with E-state index in [0.717, 1.165) is 21.0 Å². The van der Waals surface area contributed by atoms with E-state index in [1.807, 2.05) is 19.9 Å². The lowest BCUT2D eigenvalue weighted by Gasteiger charge is -2.26. The molecule has 1 aromatic carbocycles. The molecule has 2 heterocycles. The van der Waals surface area contributed by atoms with E-state index in [2.05, 4.69) is 10.4 Å². The summed E-state index contributed by atoms with van der Waals surface area (Å²) < 4.78 is 0. The molecule has 0 saturated carbocycles. The summed E-state index contributed by atoms with van der Waals surface area (Å²) in [4.78, 5) is 54.8. The SMILES string of the molecule is CC(=O)N(NC(=O)c1cccnc1)[C@@H]1CC(=O)N(c2ccc(C)c(C)c2)C1=O. The monoisotopic (exact) mass is 380 g/mol. The molecule has 0 unspecified atom stereocenters. The summed E-state index contributed by atoms with van der Waals surface area (Å²) in [5.41, 5.74) is 5.08. The van der Waals surface area contributed by atoms with Crippen molar-refractivity contribution in [3.05, 3.63) is 59.4 Å². The van der Waals surface area contributed by atoms with Gasteiger partial charge in [0.15, 0.2) is 0 Å². The normalized spacial score (nSPS) is 16.2. The van der Waals surface area contributed by atoms with Crippen LogP contribution in [0.4, 0.5) is 5.69 Å². The molecule has 1 atom stereocenters. The standard InChI is InChI=1S/C20H20N4O4/c1-12-6-7-16(9-13(12)2)23-18(26)10-17(20(23)28)24(14(3)25)22-19(27)15-5-4-8-21-11-15/h4-9,11,17H,10H2,1-3H3,(H,22,27)/t17-/m1/s1. The molecule has 8 nitrogen and oxygen atoms in total. The molecule has 1 aliphatic heterocycles. The van der Waals surface area contributed by atoms with E-state index in [1.54, 1.807) is 18.2 Å². The van der Waals surface area contributed by atoms with Crippen molar-refractivity contribution in [3.8, 4) is 0 Å². The Balaban J connectivity index is 1.85. The number of imide groups is 1. The van der Waals surface area contributed by atoms with Crippen LogP contribution in [-0.2, 0) is 14.4 Å². The fourth-order valence-corrected chi connectivity index (χ4v) is 3.00. The maximum Gasteiger partial charge on any atom is 0.271 e. The molecule has 0 bridgehead atoms. The van der Waals surface area contributed by atoms with Crippen LogP contribution in [0.25, 0.3) is 0 Å². The Labute approximate surface area is 162 Å². The molecule has 1 fully saturated rings. The Hall–Kier alpha value is -3.55. The minimum atomic E-state index is -1.10. The van der Waals surface area contributed by atoms with Crippen LogP contribution in [0, 0.1) is 13.8 Å². The van der Waals surface area contributed by atoms with Gasteiger partial charge in [0.05, 0.1) is 17.7 Å². The smallest absolute Gasteiger partial charge is 0.271 e. The zero-order chi connectivity index (χ0) is 20.4. The summed E-state index contributed by atoms with van der Waals surface area (Å²) in [6, 6.07) is 7.27. The number of carbonyl (C=O) groups excluding carboxylic acids is 4. The first-order chi connectivity index (χ1) is 13.3. The van der Waals surface area contributed by atoms with Gasteiger partial charge in [-0.25, -0.2) is 9.91 Å². The third-order valence-electron chi connectivity index (χ3n) is 4.67. The van der Waals surface area contributed by atoms with E-state index in [0.29, 0.717) is 5.69 Å². The minimum absolute atomic E-state index is 0.210. The fourth-order valence-electron chi connectivity index (χ4n) is 3.00. The lowest BCUT2D eigenvalue weighted by Crippen LogP contribution is -2.54. The van der Waals surface area contributed by atoms with Gasteiger partial charge < -0.3 is 0 Å². The molecule has 1 saturated heterocycles. The molecule has 0 spiro atoms. The van der Waals surface area contributed by atoms with Crippen LogP contribution in [0.15, 0.2) is 42.7 Å². The van der Waals surface area contributed by atoms with Gasteiger partial charge in [-0.2, -0.15) is 0 Å². The number of amides is 4. The highest BCUT2D eigenvalue weighted by Crippen LogP contribution is 2.27. The van der Waals surface area contributed by atoms with Crippen LogP contribution < -0.4 is 10.3 Å². The van der Waals surface area contributed by atoms with Crippen molar-refractivity contribution in [3.63, 3.8) is 0 Å². The largest absolute Gasteiger partial charge is 0.274 e. The summed E-state index contributed by atoms with van der Waals surface area (Å²) in [6.07, 6.45) is 2.65. The molecular formula is C20H20N4O4. The lowest BCUT2D eigenvalue weighted by atomic mass is 10.1. The molecule has 1 N–H and O–H groups in total. The van der Waals surface area contributed by atoms with Crippen LogP contribution in [0.5, 0.6) is 0 Å². The number of nitrogens with one attached hydrogen (secondary N) is 1. The van der Waals surface area contributed by atoms with Gasteiger partial charge in [0, 0.05) is 19.3 Å². The van der Waals surface area contributed by atoms with Gasteiger partial charge in [-0.15, -0.1) is 0 Å². The van der Waals surface area contributed by atoms with Gasteiger partial charge in [0.1, 0.15) is 6.04 Å². The summed E-state index contributed by atoms with van der Waals surface area (Å²) >= 11 is 0. The first kappa shape index (κ1) is 19.2. The number of hydrazine groups is 1. The lowest BCUT2D eigenvalue weighted by molar-refractivity contribution is -0.139. The summed E-state index contributed by atoms with van der Waals surface area (Å²) in [5.74, 6) is -2.13. The second kappa shape index (κ2) is 7.59. The van der Waals surface area contributed by atoms with E-state index in [4.69, 9.17) is 0 Å². The number of benzene rings is 1. The third kappa shape index (κ3) is 3.62. The van der Waals surface area contributed by atoms with Crippen molar-refractivity contribution < 1.29 is 19.2 Å². The van der Waals surface area contributed by atoms with Crippen molar-refractivity contribution in [2.45, 2.75) is 33.2 Å². The molecule has 8 heteroatoms. The number of anilines is 1. The van der Waals surface area contributed by atoms with Gasteiger partial charge in [0.25, 0.3) is 11.8 Å². The van der Waals surface area contributed by atoms with Gasteiger partial charge in [-0.05, 0) is 49.2 Å². The highest BCUT2D eigenvalue weighted by atomic mass is 16.2. The van der Waals surface area contributed by atoms with Crippen LogP contribution in [0.2, 0.25) is 0 Å². The molecule has 1 aliphatic rings. The van der Waals surface area contributed by atoms with Gasteiger partial charge in [-0.3, -0.25) is 29.6 Å². The number of pyridine rings is 1. The first-order valence-electron chi connectivity index (χ1n) is 8.74. The van der Waals surface area contributed by atoms with E-state index >= 15 is 0 Å². The van der Waals surface area contributed by atoms with Gasteiger partial charge in [0.2, 0.25) is 11.8 Å². The second-order valence-electron chi connectivity index (χ2n) is 6.63. The summed E-state index contributed by atoms with van der Waals surface area (Å²) in [5, 5.41) is 0.913. The van der Waals surface area contributed by atoms with Crippen LogP contribution in [0.3, 0.4) is 0 Å². The molecule has 4 amide bonds. The Morgan fingerprint density at radius 1 is 1.18 bits per heavy atom. The molecule has 28 heavy (non-hydrogen) atoms. The maximum atomic E-state index is 12.9. The predicted octanol–water partition coefficient (Wildman–Crippen LogP) is 1.52. The number of rotatable bonds is 3. The van der Waals surface area contributed by atoms with E-state index in [9.17, 15) is 19.2 Å². The average Bonchev–Trinajstić information content (AvgIpc) is 2.96. The van der Waals surface area contributed by atoms with Crippen molar-refractivity contribution >= 4 is 29.3 Å². The van der Waals surface area contributed by atoms with Crippen molar-refractivity contribution in [1.82, 2.24) is 15.4 Å². The van der Waals surface area contributed by atoms with Gasteiger partial charge >= 0.3 is 0 Å². The Bertz CT molecular complexity index is 958. The molecule has 1 aromatic heterocycles. The second-order valence-corrected chi connectivity index (χ2v) is 6.63. The number of aromatic nitrogens is 1. The molecule has 2 aromatic rings. The van der Waals surface area contributed by atoms with Gasteiger partial charge in [-0.1, -0.05) is 6.07 Å². The van der Waals surface area contributed by atoms with Crippen molar-refractivity contribution in [2.24, 2.45) is 0 Å². The molecule has 0 radical (unpaired) electrons. The molecular weight excluding hydrogens is 360 g/mol. The summed E-state index contributed by atoms with van der Waals surface area (Å²) in [6.45, 7) is 5.04. The highest BCUT2D eigenvalue weighted by molar-refractivity contribution is 6.23. The third-order valence-corrected chi connectivity index (χ3v) is 4.67. The van der Waals surface area contributed by atoms with E-state index < -0.39 is 29.7 Å². The van der Waals surface area contributed by atoms with Crippen molar-refractivity contribution in [1.29, 1.82) is 0 Å². The number of carbonyl (C=O) groups is 4. The number of aryl methyl sites for hydroxylation is 2. The zero-order valence-corrected chi connectivity index (χ0v) is 15.8. The van der Waals surface area contributed by atoms with Crippen LogP contribution in [-0.4, -0.2) is 39.7 Å². The van der Waals surface area contributed by atoms with E-state index in [-0.39, 0.29) is 12.0 Å². The zero-order valence-electron chi connectivity index (χ0n) is 15.8. The van der Waals surface area contributed by atoms with Crippen molar-refractivity contribution in [2.75, 3.05) is 4.90 Å². The predicted molar refractivity (Wildman–Crippen MR) is 101 cm³/mol. The van der Waals surface area contributed by atoms with Crippen LogP contribution in [0.1, 0.15) is 34.8 Å². The first-order valence-corrected chi connectivity index (χ1v) is 8.74. The Morgan fingerprint density at radius 2 is 1.93 bits per heavy atom. The summed E-state index contributed by atoms with van der Waals surface area (Å²) in [7, 11) is 0. The number of hydrogen-bond donors (Lipinski definition) is 1. The highest BCUT2D eigenvalue weighted by Gasteiger charge is 2.44. The maximum absolute atomic E-state index is 12.9. The molecule has 0 aliphatic carbocycles. The Morgan fingerprint density at radius 3 is 2.54 bits per heavy atom. The topological polar surface area (TPSA) is 99.7 Å².